The molecule has 0 atom stereocenters. The second-order valence-electron chi connectivity index (χ2n) is 3.13. The Kier molecular flexibility index (Phi) is 4.47. The molecule has 1 aromatic rings. The predicted molar refractivity (Wildman–Crippen MR) is 63.4 cm³/mol. The average molecular weight is 246 g/mol. The van der Waals surface area contributed by atoms with E-state index >= 15 is 0 Å². The van der Waals surface area contributed by atoms with Gasteiger partial charge in [0.25, 0.3) is 0 Å². The van der Waals surface area contributed by atoms with Gasteiger partial charge < -0.3 is 4.74 Å². The number of hydrogen-bond donors (Lipinski definition) is 0. The lowest BCUT2D eigenvalue weighted by Gasteiger charge is -2.06. The molecule has 1 aromatic carbocycles. The number of methoxy groups -OCH3 is 1. The Hall–Kier alpha value is -0.680. The second-order valence-corrected chi connectivity index (χ2v) is 6.53. The molecule has 0 aromatic heterocycles. The van der Waals surface area contributed by atoms with E-state index in [9.17, 15) is 8.42 Å². The minimum Gasteiger partial charge on any atom is -0.496 e. The molecule has 0 saturated carbocycles. The van der Waals surface area contributed by atoms with Gasteiger partial charge in [-0.15, -0.1) is 11.8 Å². The van der Waals surface area contributed by atoms with E-state index in [1.807, 2.05) is 24.3 Å². The molecule has 5 heteroatoms. The summed E-state index contributed by atoms with van der Waals surface area (Å²) in [7, 11) is -1.27. The van der Waals surface area contributed by atoms with Crippen LogP contribution in [-0.4, -0.2) is 33.3 Å². The zero-order chi connectivity index (χ0) is 11.3. The minimum absolute atomic E-state index is 0.190. The monoisotopic (exact) mass is 246 g/mol. The van der Waals surface area contributed by atoms with E-state index in [0.717, 1.165) is 10.6 Å². The molecular formula is C10H14O3S2. The van der Waals surface area contributed by atoms with E-state index in [2.05, 4.69) is 0 Å². The van der Waals surface area contributed by atoms with Crippen LogP contribution in [0, 0.1) is 0 Å². The van der Waals surface area contributed by atoms with Crippen molar-refractivity contribution >= 4 is 21.6 Å². The zero-order valence-electron chi connectivity index (χ0n) is 8.76. The lowest BCUT2D eigenvalue weighted by atomic mass is 10.3. The fourth-order valence-corrected chi connectivity index (χ4v) is 3.27. The van der Waals surface area contributed by atoms with Gasteiger partial charge in [0.1, 0.15) is 15.6 Å². The van der Waals surface area contributed by atoms with Crippen LogP contribution in [0.15, 0.2) is 29.2 Å². The molecule has 0 spiro atoms. The molecule has 0 saturated heterocycles. The topological polar surface area (TPSA) is 43.4 Å². The molecule has 15 heavy (non-hydrogen) atoms. The van der Waals surface area contributed by atoms with Gasteiger partial charge >= 0.3 is 0 Å². The predicted octanol–water partition coefficient (Wildman–Crippen LogP) is 1.83. The highest BCUT2D eigenvalue weighted by Gasteiger charge is 2.05. The maximum absolute atomic E-state index is 10.9. The summed E-state index contributed by atoms with van der Waals surface area (Å²) in [6.07, 6.45) is 1.25. The van der Waals surface area contributed by atoms with Crippen LogP contribution in [0.2, 0.25) is 0 Å². The number of para-hydroxylation sites is 1. The molecule has 0 aliphatic heterocycles. The third-order valence-electron chi connectivity index (χ3n) is 1.78. The number of benzene rings is 1. The van der Waals surface area contributed by atoms with Crippen molar-refractivity contribution in [1.29, 1.82) is 0 Å². The Morgan fingerprint density at radius 2 is 2.00 bits per heavy atom. The molecule has 0 fully saturated rings. The first kappa shape index (κ1) is 12.4. The standard InChI is InChI=1S/C10H14O3S2/c1-13-9-5-3-4-6-10(9)14-7-8-15(2,11)12/h3-6H,7-8H2,1-2H3. The summed E-state index contributed by atoms with van der Waals surface area (Å²) in [6, 6.07) is 7.58. The Labute approximate surface area is 94.8 Å². The fourth-order valence-electron chi connectivity index (χ4n) is 1.04. The van der Waals surface area contributed by atoms with E-state index < -0.39 is 9.84 Å². The van der Waals surface area contributed by atoms with E-state index in [1.54, 1.807) is 7.11 Å². The first-order valence-corrected chi connectivity index (χ1v) is 7.51. The lowest BCUT2D eigenvalue weighted by Crippen LogP contribution is -2.05. The summed E-state index contributed by atoms with van der Waals surface area (Å²) in [4.78, 5) is 0.976. The molecule has 0 bridgehead atoms. The Morgan fingerprint density at radius 1 is 1.33 bits per heavy atom. The van der Waals surface area contributed by atoms with E-state index in [4.69, 9.17) is 4.74 Å². The largest absolute Gasteiger partial charge is 0.496 e. The molecule has 0 aliphatic carbocycles. The van der Waals surface area contributed by atoms with Gasteiger partial charge in [-0.3, -0.25) is 0 Å². The Bertz CT molecular complexity index is 412. The molecular weight excluding hydrogens is 232 g/mol. The van der Waals surface area contributed by atoms with E-state index in [-0.39, 0.29) is 5.75 Å². The van der Waals surface area contributed by atoms with E-state index in [0.29, 0.717) is 5.75 Å². The summed E-state index contributed by atoms with van der Waals surface area (Å²) < 4.78 is 27.0. The third-order valence-corrected chi connectivity index (χ3v) is 4.04. The SMILES string of the molecule is COc1ccccc1SCCS(C)(=O)=O. The van der Waals surface area contributed by atoms with Crippen molar-refractivity contribution in [2.45, 2.75) is 4.90 Å². The molecule has 84 valence electrons. The molecule has 0 heterocycles. The number of ether oxygens (including phenoxy) is 1. The highest BCUT2D eigenvalue weighted by Crippen LogP contribution is 2.28. The normalized spacial score (nSPS) is 11.3. The van der Waals surface area contributed by atoms with Crippen LogP contribution in [-0.2, 0) is 9.84 Å². The summed E-state index contributed by atoms with van der Waals surface area (Å²) in [5.74, 6) is 1.53. The molecule has 0 N–H and O–H groups in total. The zero-order valence-corrected chi connectivity index (χ0v) is 10.4. The minimum atomic E-state index is -2.88. The van der Waals surface area contributed by atoms with Crippen LogP contribution in [0.5, 0.6) is 5.75 Å². The fraction of sp³-hybridized carbons (Fsp3) is 0.400. The van der Waals surface area contributed by atoms with Gasteiger partial charge in [-0.2, -0.15) is 0 Å². The second kappa shape index (κ2) is 5.42. The van der Waals surface area contributed by atoms with Crippen LogP contribution in [0.3, 0.4) is 0 Å². The first-order valence-electron chi connectivity index (χ1n) is 4.46. The van der Waals surface area contributed by atoms with Crippen LogP contribution in [0.1, 0.15) is 0 Å². The van der Waals surface area contributed by atoms with Crippen LogP contribution in [0.25, 0.3) is 0 Å². The third kappa shape index (κ3) is 4.57. The highest BCUT2D eigenvalue weighted by molar-refractivity contribution is 8.00. The molecule has 3 nitrogen and oxygen atoms in total. The molecule has 0 aliphatic rings. The summed E-state index contributed by atoms with van der Waals surface area (Å²) >= 11 is 1.49. The summed E-state index contributed by atoms with van der Waals surface area (Å²) in [5, 5.41) is 0. The van der Waals surface area contributed by atoms with Crippen molar-refractivity contribution < 1.29 is 13.2 Å². The van der Waals surface area contributed by atoms with Crippen LogP contribution >= 0.6 is 11.8 Å². The highest BCUT2D eigenvalue weighted by atomic mass is 32.2. The molecule has 1 rings (SSSR count). The van der Waals surface area contributed by atoms with Crippen molar-refractivity contribution in [3.63, 3.8) is 0 Å². The molecule has 0 unspecified atom stereocenters. The Morgan fingerprint density at radius 3 is 2.60 bits per heavy atom. The first-order chi connectivity index (χ1) is 7.03. The van der Waals surface area contributed by atoms with Crippen LogP contribution in [0.4, 0.5) is 0 Å². The van der Waals surface area contributed by atoms with Crippen molar-refractivity contribution in [3.05, 3.63) is 24.3 Å². The van der Waals surface area contributed by atoms with Gasteiger partial charge in [0.15, 0.2) is 0 Å². The molecule has 0 radical (unpaired) electrons. The van der Waals surface area contributed by atoms with Gasteiger partial charge in [0.05, 0.1) is 12.9 Å². The van der Waals surface area contributed by atoms with Gasteiger partial charge in [0, 0.05) is 16.9 Å². The maximum atomic E-state index is 10.9. The quantitative estimate of drug-likeness (QED) is 0.743. The van der Waals surface area contributed by atoms with Gasteiger partial charge in [0.2, 0.25) is 0 Å². The lowest BCUT2D eigenvalue weighted by molar-refractivity contribution is 0.405. The Balaban J connectivity index is 2.58. The van der Waals surface area contributed by atoms with Crippen molar-refractivity contribution in [2.75, 3.05) is 24.9 Å². The maximum Gasteiger partial charge on any atom is 0.148 e. The van der Waals surface area contributed by atoms with Crippen molar-refractivity contribution in [2.24, 2.45) is 0 Å². The van der Waals surface area contributed by atoms with E-state index in [1.165, 1.54) is 18.0 Å². The summed E-state index contributed by atoms with van der Waals surface area (Å²) in [5.41, 5.74) is 0. The smallest absolute Gasteiger partial charge is 0.148 e. The number of sulfone groups is 1. The van der Waals surface area contributed by atoms with Crippen molar-refractivity contribution in [3.8, 4) is 5.75 Å². The van der Waals surface area contributed by atoms with Gasteiger partial charge in [-0.1, -0.05) is 12.1 Å². The number of thioether (sulfide) groups is 1. The van der Waals surface area contributed by atoms with Gasteiger partial charge in [-0.25, -0.2) is 8.42 Å². The summed E-state index contributed by atoms with van der Waals surface area (Å²) in [6.45, 7) is 0. The number of rotatable bonds is 5. The molecule has 0 amide bonds. The van der Waals surface area contributed by atoms with Gasteiger partial charge in [-0.05, 0) is 12.1 Å². The van der Waals surface area contributed by atoms with Crippen molar-refractivity contribution in [1.82, 2.24) is 0 Å². The van der Waals surface area contributed by atoms with Crippen LogP contribution < -0.4 is 4.74 Å². The number of hydrogen-bond acceptors (Lipinski definition) is 4. The average Bonchev–Trinajstić information content (AvgIpc) is 2.16.